The second-order valence-corrected chi connectivity index (χ2v) is 14.7. The molecule has 304 valence electrons. The van der Waals surface area contributed by atoms with E-state index in [-0.39, 0.29) is 32.5 Å². The number of unbranched alkanes of at least 4 members (excludes halogenated alkanes) is 2. The summed E-state index contributed by atoms with van der Waals surface area (Å²) in [6.07, 6.45) is -0.0491. The quantitative estimate of drug-likeness (QED) is 0.0641. The fourth-order valence-electron chi connectivity index (χ4n) is 4.63. The van der Waals surface area contributed by atoms with Gasteiger partial charge in [-0.2, -0.15) is 0 Å². The van der Waals surface area contributed by atoms with E-state index in [2.05, 4.69) is 36.6 Å². The Labute approximate surface area is 318 Å². The van der Waals surface area contributed by atoms with E-state index < -0.39 is 77.3 Å². The molecule has 0 unspecified atom stereocenters. The molecule has 1 aromatic carbocycles. The largest absolute Gasteiger partial charge is 0.467 e. The van der Waals surface area contributed by atoms with Gasteiger partial charge in [-0.1, -0.05) is 30.3 Å². The molecule has 4 atom stereocenters. The molecule has 17 heteroatoms. The van der Waals surface area contributed by atoms with Gasteiger partial charge in [0.2, 0.25) is 17.7 Å². The third-order valence-electron chi connectivity index (χ3n) is 7.30. The van der Waals surface area contributed by atoms with Gasteiger partial charge < -0.3 is 50.8 Å². The lowest BCUT2D eigenvalue weighted by molar-refractivity contribution is -0.145. The van der Waals surface area contributed by atoms with E-state index in [4.69, 9.17) is 14.2 Å². The molecule has 0 radical (unpaired) electrons. The Morgan fingerprint density at radius 1 is 0.593 bits per heavy atom. The molecular weight excluding hydrogens is 704 g/mol. The van der Waals surface area contributed by atoms with Crippen LogP contribution >= 0.6 is 0 Å². The summed E-state index contributed by atoms with van der Waals surface area (Å²) in [6.45, 7) is 13.8. The Morgan fingerprint density at radius 2 is 1.06 bits per heavy atom. The Bertz CT molecular complexity index is 1380. The van der Waals surface area contributed by atoms with Crippen molar-refractivity contribution in [1.29, 1.82) is 0 Å². The van der Waals surface area contributed by atoms with Crippen molar-refractivity contribution >= 4 is 42.0 Å². The van der Waals surface area contributed by atoms with Crippen LogP contribution in [0.15, 0.2) is 30.3 Å². The van der Waals surface area contributed by atoms with Gasteiger partial charge in [-0.05, 0) is 99.5 Å². The van der Waals surface area contributed by atoms with E-state index in [1.165, 1.54) is 21.0 Å². The van der Waals surface area contributed by atoms with Gasteiger partial charge in [-0.25, -0.2) is 19.2 Å². The first-order chi connectivity index (χ1) is 25.2. The molecule has 6 amide bonds. The number of hydrogen-bond acceptors (Lipinski definition) is 11. The summed E-state index contributed by atoms with van der Waals surface area (Å²) in [5, 5.41) is 15.6. The summed E-state index contributed by atoms with van der Waals surface area (Å²) in [6, 6.07) is 4.60. The number of hydrogen-bond donors (Lipinski definition) is 6. The predicted molar refractivity (Wildman–Crippen MR) is 199 cm³/mol. The zero-order valence-electron chi connectivity index (χ0n) is 33.1. The number of amides is 6. The first-order valence-electron chi connectivity index (χ1n) is 18.1. The number of nitrogens with one attached hydrogen (secondary N) is 6. The Kier molecular flexibility index (Phi) is 20.5. The first kappa shape index (κ1) is 46.9. The van der Waals surface area contributed by atoms with Crippen molar-refractivity contribution in [2.24, 2.45) is 0 Å². The van der Waals surface area contributed by atoms with Gasteiger partial charge in [0.15, 0.2) is 0 Å². The van der Waals surface area contributed by atoms with Crippen molar-refractivity contribution in [3.63, 3.8) is 0 Å². The fourth-order valence-corrected chi connectivity index (χ4v) is 4.63. The van der Waals surface area contributed by atoms with Crippen LogP contribution in [0.25, 0.3) is 0 Å². The second kappa shape index (κ2) is 23.5. The molecule has 17 nitrogen and oxygen atoms in total. The number of alkyl carbamates (subject to hydrolysis) is 3. The van der Waals surface area contributed by atoms with Gasteiger partial charge in [-0.15, -0.1) is 0 Å². The number of esters is 1. The smallest absolute Gasteiger partial charge is 0.408 e. The lowest BCUT2D eigenvalue weighted by Crippen LogP contribution is -2.56. The summed E-state index contributed by atoms with van der Waals surface area (Å²) in [5.74, 6) is -2.71. The third-order valence-corrected chi connectivity index (χ3v) is 7.30. The topological polar surface area (TPSA) is 229 Å². The molecular formula is C37H60N6O11. The molecule has 0 aliphatic carbocycles. The highest BCUT2D eigenvalue weighted by Gasteiger charge is 2.29. The van der Waals surface area contributed by atoms with Gasteiger partial charge >= 0.3 is 24.2 Å². The van der Waals surface area contributed by atoms with Crippen molar-refractivity contribution in [3.05, 3.63) is 35.9 Å². The molecule has 6 N–H and O–H groups in total. The molecule has 1 rings (SSSR count). The van der Waals surface area contributed by atoms with E-state index in [1.54, 1.807) is 65.8 Å². The molecule has 0 saturated heterocycles. The molecule has 0 bridgehead atoms. The lowest BCUT2D eigenvalue weighted by atomic mass is 10.1. The van der Waals surface area contributed by atoms with Gasteiger partial charge in [-0.3, -0.25) is 14.4 Å². The second-order valence-electron chi connectivity index (χ2n) is 14.7. The van der Waals surface area contributed by atoms with Gasteiger partial charge in [0.1, 0.15) is 42.0 Å². The first-order valence-corrected chi connectivity index (χ1v) is 18.1. The van der Waals surface area contributed by atoms with E-state index in [0.717, 1.165) is 5.56 Å². The van der Waals surface area contributed by atoms with Crippen LogP contribution in [0.3, 0.4) is 0 Å². The number of ether oxygens (including phenoxy) is 4. The summed E-state index contributed by atoms with van der Waals surface area (Å²) < 4.78 is 20.4. The average molecular weight is 765 g/mol. The highest BCUT2D eigenvalue weighted by atomic mass is 16.6. The highest BCUT2D eigenvalue weighted by molar-refractivity contribution is 5.94. The number of rotatable bonds is 20. The van der Waals surface area contributed by atoms with Crippen LogP contribution in [-0.2, 0) is 44.7 Å². The summed E-state index contributed by atoms with van der Waals surface area (Å²) in [4.78, 5) is 88.5. The normalized spacial score (nSPS) is 13.4. The number of benzene rings is 1. The van der Waals surface area contributed by atoms with Crippen LogP contribution in [0.4, 0.5) is 14.4 Å². The third kappa shape index (κ3) is 21.4. The molecule has 0 fully saturated rings. The van der Waals surface area contributed by atoms with Crippen molar-refractivity contribution in [2.45, 2.75) is 136 Å². The highest BCUT2D eigenvalue weighted by Crippen LogP contribution is 2.09. The van der Waals surface area contributed by atoms with E-state index in [0.29, 0.717) is 25.7 Å². The van der Waals surface area contributed by atoms with E-state index >= 15 is 0 Å². The van der Waals surface area contributed by atoms with Gasteiger partial charge in [0, 0.05) is 13.1 Å². The van der Waals surface area contributed by atoms with Crippen LogP contribution < -0.4 is 31.9 Å². The molecule has 0 heterocycles. The Balaban J connectivity index is 2.92. The maximum absolute atomic E-state index is 13.4. The fraction of sp³-hybridized carbons (Fsp3) is 0.649. The number of carbonyl (C=O) groups excluding carboxylic acids is 7. The molecule has 0 saturated carbocycles. The number of carbonyl (C=O) groups is 7. The zero-order valence-corrected chi connectivity index (χ0v) is 33.1. The van der Waals surface area contributed by atoms with E-state index in [1.807, 2.05) is 6.07 Å². The van der Waals surface area contributed by atoms with E-state index in [9.17, 15) is 33.6 Å². The van der Waals surface area contributed by atoms with Crippen LogP contribution in [0.2, 0.25) is 0 Å². The van der Waals surface area contributed by atoms with Crippen LogP contribution in [0, 0.1) is 0 Å². The Hall–Kier alpha value is -5.09. The Morgan fingerprint density at radius 3 is 1.52 bits per heavy atom. The summed E-state index contributed by atoms with van der Waals surface area (Å²) in [5.41, 5.74) is -0.583. The van der Waals surface area contributed by atoms with Gasteiger partial charge in [0.25, 0.3) is 0 Å². The monoisotopic (exact) mass is 764 g/mol. The van der Waals surface area contributed by atoms with Crippen LogP contribution in [0.5, 0.6) is 0 Å². The minimum Gasteiger partial charge on any atom is -0.467 e. The van der Waals surface area contributed by atoms with Crippen LogP contribution in [-0.4, -0.2) is 97.5 Å². The zero-order chi connectivity index (χ0) is 40.9. The molecule has 1 aromatic rings. The predicted octanol–water partition coefficient (Wildman–Crippen LogP) is 3.34. The lowest BCUT2D eigenvalue weighted by Gasteiger charge is -2.24. The SMILES string of the molecule is COC(=O)[C@@H](C)NC(=O)[C@H](CCCCNC(=O)OC(C)(C)C)NC(=O)[C@@H](C)NC(=O)[C@H](CCCCNC(=O)OC(C)(C)C)NC(=O)OCc1ccccc1. The van der Waals surface area contributed by atoms with Crippen molar-refractivity contribution in [1.82, 2.24) is 31.9 Å². The molecule has 0 spiro atoms. The van der Waals surface area contributed by atoms with Crippen molar-refractivity contribution in [3.8, 4) is 0 Å². The summed E-state index contributed by atoms with van der Waals surface area (Å²) in [7, 11) is 1.18. The van der Waals surface area contributed by atoms with Gasteiger partial charge in [0.05, 0.1) is 7.11 Å². The summed E-state index contributed by atoms with van der Waals surface area (Å²) >= 11 is 0. The molecule has 0 aliphatic rings. The van der Waals surface area contributed by atoms with Crippen LogP contribution in [0.1, 0.15) is 99.5 Å². The standard InChI is InChI=1S/C37H60N6O11/c1-24(29(44)42-27(30(45)41-25(2)32(47)51-9)19-13-15-21-38-33(48)53-36(3,4)5)40-31(46)28(20-14-16-22-39-34(49)54-37(6,7)8)43-35(50)52-23-26-17-11-10-12-18-26/h10-12,17-18,24-25,27-28H,13-16,19-23H2,1-9H3,(H,38,48)(H,39,49)(H,40,46)(H,41,45)(H,42,44)(H,43,50)/t24-,25-,27+,28+/m1/s1. The van der Waals surface area contributed by atoms with Crippen molar-refractivity contribution < 1.29 is 52.5 Å². The molecule has 0 aliphatic heterocycles. The molecule has 54 heavy (non-hydrogen) atoms. The molecule has 0 aromatic heterocycles. The minimum atomic E-state index is -1.15. The maximum atomic E-state index is 13.4. The minimum absolute atomic E-state index is 0.0330. The average Bonchev–Trinajstić information content (AvgIpc) is 3.07. The van der Waals surface area contributed by atoms with Crippen molar-refractivity contribution in [2.75, 3.05) is 20.2 Å². The number of methoxy groups -OCH3 is 1. The maximum Gasteiger partial charge on any atom is 0.408 e.